The van der Waals surface area contributed by atoms with E-state index in [9.17, 15) is 9.59 Å². The van der Waals surface area contributed by atoms with Crippen LogP contribution in [0.3, 0.4) is 0 Å². The molecule has 3 heterocycles. The van der Waals surface area contributed by atoms with E-state index in [0.29, 0.717) is 28.5 Å². The predicted octanol–water partition coefficient (Wildman–Crippen LogP) is 4.63. The van der Waals surface area contributed by atoms with Crippen molar-refractivity contribution in [2.45, 2.75) is 39.9 Å². The molecule has 9 heteroatoms. The quantitative estimate of drug-likeness (QED) is 0.335. The minimum absolute atomic E-state index is 0.116. The first-order chi connectivity index (χ1) is 17.9. The third-order valence-corrected chi connectivity index (χ3v) is 6.30. The number of anilines is 1. The molecule has 2 aromatic carbocycles. The van der Waals surface area contributed by atoms with E-state index < -0.39 is 11.9 Å². The fourth-order valence-corrected chi connectivity index (χ4v) is 4.21. The Morgan fingerprint density at radius 1 is 1.00 bits per heavy atom. The first-order valence-corrected chi connectivity index (χ1v) is 11.9. The van der Waals surface area contributed by atoms with Gasteiger partial charge in [0.1, 0.15) is 29.3 Å². The van der Waals surface area contributed by atoms with E-state index in [1.54, 1.807) is 37.5 Å². The van der Waals surface area contributed by atoms with Crippen molar-refractivity contribution in [2.24, 2.45) is 0 Å². The monoisotopic (exact) mass is 497 g/mol. The van der Waals surface area contributed by atoms with Gasteiger partial charge in [0.05, 0.1) is 18.3 Å². The van der Waals surface area contributed by atoms with E-state index in [-0.39, 0.29) is 19.0 Å². The zero-order valence-electron chi connectivity index (χ0n) is 20.8. The van der Waals surface area contributed by atoms with Crippen molar-refractivity contribution in [1.29, 1.82) is 0 Å². The lowest BCUT2D eigenvalue weighted by molar-refractivity contribution is -0.127. The number of rotatable bonds is 8. The van der Waals surface area contributed by atoms with Gasteiger partial charge >= 0.3 is 0 Å². The fraction of sp³-hybridized carbons (Fsp3) is 0.214. The Bertz CT molecular complexity index is 1550. The number of nitrogens with zero attached hydrogens (tertiary/aromatic N) is 4. The summed E-state index contributed by atoms with van der Waals surface area (Å²) in [5.41, 5.74) is 4.05. The third-order valence-electron chi connectivity index (χ3n) is 6.30. The average Bonchev–Trinajstić information content (AvgIpc) is 3.65. The van der Waals surface area contributed by atoms with Gasteiger partial charge in [0.25, 0.3) is 5.91 Å². The number of aryl methyl sites for hydroxylation is 3. The summed E-state index contributed by atoms with van der Waals surface area (Å²) in [5.74, 6) is 0.839. The Kier molecular flexibility index (Phi) is 6.59. The first kappa shape index (κ1) is 24.1. The maximum absolute atomic E-state index is 14.0. The minimum atomic E-state index is -1.06. The highest BCUT2D eigenvalue weighted by atomic mass is 16.3. The first-order valence-electron chi connectivity index (χ1n) is 11.9. The van der Waals surface area contributed by atoms with Crippen LogP contribution in [0.5, 0.6) is 0 Å². The van der Waals surface area contributed by atoms with Crippen LogP contribution in [0.1, 0.15) is 34.4 Å². The second-order valence-corrected chi connectivity index (χ2v) is 8.92. The molecule has 1 N–H and O–H groups in total. The molecule has 2 amide bonds. The van der Waals surface area contributed by atoms with Gasteiger partial charge < -0.3 is 14.2 Å². The van der Waals surface area contributed by atoms with Gasteiger partial charge in [0.15, 0.2) is 6.04 Å². The Hall–Kier alpha value is -4.66. The molecule has 0 aliphatic carbocycles. The van der Waals surface area contributed by atoms with E-state index >= 15 is 0 Å². The molecule has 0 aliphatic heterocycles. The third kappa shape index (κ3) is 5.02. The second kappa shape index (κ2) is 10.1. The molecule has 0 unspecified atom stereocenters. The van der Waals surface area contributed by atoms with Gasteiger partial charge in [0, 0.05) is 5.69 Å². The number of amides is 2. The SMILES string of the molecule is Cc1ccc([C@H](C(=O)NCc2ccco2)N(C(=O)Cn2nnc3ccccc32)c2ccc(C)c(C)c2)o1. The van der Waals surface area contributed by atoms with Crippen LogP contribution in [-0.4, -0.2) is 26.8 Å². The molecule has 1 atom stereocenters. The van der Waals surface area contributed by atoms with Crippen molar-refractivity contribution in [3.8, 4) is 0 Å². The number of furan rings is 2. The van der Waals surface area contributed by atoms with Crippen LogP contribution in [-0.2, 0) is 22.7 Å². The molecule has 0 spiro atoms. The molecule has 37 heavy (non-hydrogen) atoms. The molecule has 3 aromatic heterocycles. The standard InChI is InChI=1S/C28H27N5O4/c1-18-10-12-21(15-19(18)2)33(26(34)17-32-24-9-5-4-8-23(24)30-31-32)27(25-13-11-20(3)37-25)28(35)29-16-22-7-6-14-36-22/h4-15,27H,16-17H2,1-3H3,(H,29,35)/t27-/m1/s1. The topological polar surface area (TPSA) is 106 Å². The normalized spacial score (nSPS) is 12.0. The lowest BCUT2D eigenvalue weighted by atomic mass is 10.1. The summed E-state index contributed by atoms with van der Waals surface area (Å²) in [6.07, 6.45) is 1.54. The van der Waals surface area contributed by atoms with Gasteiger partial charge in [-0.2, -0.15) is 0 Å². The number of fused-ring (bicyclic) bond motifs is 1. The summed E-state index contributed by atoms with van der Waals surface area (Å²) in [4.78, 5) is 29.2. The highest BCUT2D eigenvalue weighted by Gasteiger charge is 2.35. The summed E-state index contributed by atoms with van der Waals surface area (Å²) in [5, 5.41) is 11.2. The van der Waals surface area contributed by atoms with Crippen molar-refractivity contribution in [1.82, 2.24) is 20.3 Å². The molecular formula is C28H27N5O4. The number of benzene rings is 2. The molecule has 0 saturated carbocycles. The number of para-hydroxylation sites is 1. The zero-order valence-corrected chi connectivity index (χ0v) is 20.8. The van der Waals surface area contributed by atoms with Gasteiger partial charge in [-0.05, 0) is 80.4 Å². The number of carbonyl (C=O) groups is 2. The van der Waals surface area contributed by atoms with Gasteiger partial charge in [-0.3, -0.25) is 14.5 Å². The molecule has 9 nitrogen and oxygen atoms in total. The maximum atomic E-state index is 14.0. The summed E-state index contributed by atoms with van der Waals surface area (Å²) < 4.78 is 12.8. The van der Waals surface area contributed by atoms with Gasteiger partial charge in [-0.1, -0.05) is 23.4 Å². The van der Waals surface area contributed by atoms with E-state index in [2.05, 4.69) is 15.6 Å². The molecule has 0 saturated heterocycles. The smallest absolute Gasteiger partial charge is 0.251 e. The molecule has 5 rings (SSSR count). The van der Waals surface area contributed by atoms with E-state index in [0.717, 1.165) is 16.6 Å². The Morgan fingerprint density at radius 3 is 2.57 bits per heavy atom. The van der Waals surface area contributed by atoms with E-state index in [1.807, 2.05) is 56.3 Å². The Morgan fingerprint density at radius 2 is 1.84 bits per heavy atom. The summed E-state index contributed by atoms with van der Waals surface area (Å²) >= 11 is 0. The van der Waals surface area contributed by atoms with Crippen LogP contribution in [0.25, 0.3) is 11.0 Å². The van der Waals surface area contributed by atoms with Crippen LogP contribution in [0, 0.1) is 20.8 Å². The van der Waals surface area contributed by atoms with Gasteiger partial charge in [0.2, 0.25) is 5.91 Å². The fourth-order valence-electron chi connectivity index (χ4n) is 4.21. The van der Waals surface area contributed by atoms with Crippen LogP contribution in [0.15, 0.2) is 81.8 Å². The number of carbonyl (C=O) groups excluding carboxylic acids is 2. The lowest BCUT2D eigenvalue weighted by Gasteiger charge is -2.30. The molecule has 5 aromatic rings. The zero-order chi connectivity index (χ0) is 25.9. The predicted molar refractivity (Wildman–Crippen MR) is 138 cm³/mol. The highest BCUT2D eigenvalue weighted by Crippen LogP contribution is 2.31. The van der Waals surface area contributed by atoms with Crippen molar-refractivity contribution >= 4 is 28.5 Å². The lowest BCUT2D eigenvalue weighted by Crippen LogP contribution is -2.45. The maximum Gasteiger partial charge on any atom is 0.251 e. The molecule has 0 fully saturated rings. The van der Waals surface area contributed by atoms with Crippen LogP contribution >= 0.6 is 0 Å². The van der Waals surface area contributed by atoms with Gasteiger partial charge in [-0.15, -0.1) is 5.10 Å². The molecule has 188 valence electrons. The van der Waals surface area contributed by atoms with Crippen molar-refractivity contribution in [3.05, 3.63) is 101 Å². The average molecular weight is 498 g/mol. The van der Waals surface area contributed by atoms with Crippen molar-refractivity contribution in [2.75, 3.05) is 4.90 Å². The van der Waals surface area contributed by atoms with Crippen LogP contribution < -0.4 is 10.2 Å². The van der Waals surface area contributed by atoms with Crippen LogP contribution in [0.4, 0.5) is 5.69 Å². The van der Waals surface area contributed by atoms with Crippen molar-refractivity contribution in [3.63, 3.8) is 0 Å². The number of hydrogen-bond donors (Lipinski definition) is 1. The van der Waals surface area contributed by atoms with E-state index in [4.69, 9.17) is 8.83 Å². The van der Waals surface area contributed by atoms with Crippen molar-refractivity contribution < 1.29 is 18.4 Å². The number of hydrogen-bond acceptors (Lipinski definition) is 6. The Labute approximate surface area is 213 Å². The summed E-state index contributed by atoms with van der Waals surface area (Å²) in [7, 11) is 0. The Balaban J connectivity index is 1.56. The minimum Gasteiger partial charge on any atom is -0.467 e. The summed E-state index contributed by atoms with van der Waals surface area (Å²) in [6.45, 7) is 5.82. The van der Waals surface area contributed by atoms with E-state index in [1.165, 1.54) is 9.58 Å². The van der Waals surface area contributed by atoms with Gasteiger partial charge in [-0.25, -0.2) is 4.68 Å². The number of nitrogens with one attached hydrogen (secondary N) is 1. The highest BCUT2D eigenvalue weighted by molar-refractivity contribution is 6.01. The summed E-state index contributed by atoms with van der Waals surface area (Å²) in [6, 6.07) is 19.0. The molecular weight excluding hydrogens is 470 g/mol. The second-order valence-electron chi connectivity index (χ2n) is 8.92. The van der Waals surface area contributed by atoms with Crippen LogP contribution in [0.2, 0.25) is 0 Å². The number of aromatic nitrogens is 3. The largest absolute Gasteiger partial charge is 0.467 e. The molecule has 0 aliphatic rings. The molecule has 0 bridgehead atoms. The molecule has 0 radical (unpaired) electrons.